The number of halogens is 1. The molecule has 0 saturated heterocycles. The highest BCUT2D eigenvalue weighted by atomic mass is 32.2. The van der Waals surface area contributed by atoms with Crippen LogP contribution in [0.4, 0.5) is 4.39 Å². The number of hydrogen-bond acceptors (Lipinski definition) is 4. The fraction of sp³-hybridized carbons (Fsp3) is 0.450. The number of carbonyl (C=O) groups is 1. The van der Waals surface area contributed by atoms with Crippen LogP contribution in [0.15, 0.2) is 41.1 Å². The smallest absolute Gasteiger partial charge is 0.233 e. The molecule has 0 spiro atoms. The van der Waals surface area contributed by atoms with E-state index in [1.165, 1.54) is 36.2 Å². The molecule has 0 fully saturated rings. The molecular formula is C20H25FN4OS. The normalized spacial score (nSPS) is 15.3. The van der Waals surface area contributed by atoms with E-state index in [0.29, 0.717) is 23.1 Å². The van der Waals surface area contributed by atoms with Crippen molar-refractivity contribution in [2.45, 2.75) is 49.4 Å². The lowest BCUT2D eigenvalue weighted by atomic mass is 9.97. The van der Waals surface area contributed by atoms with Crippen LogP contribution in [0.5, 0.6) is 0 Å². The number of allylic oxidation sites excluding steroid dienone is 1. The monoisotopic (exact) mass is 388 g/mol. The van der Waals surface area contributed by atoms with E-state index in [-0.39, 0.29) is 17.0 Å². The first-order chi connectivity index (χ1) is 13.1. The molecule has 0 bridgehead atoms. The van der Waals surface area contributed by atoms with E-state index in [1.54, 1.807) is 29.8 Å². The topological polar surface area (TPSA) is 59.8 Å². The third-order valence-corrected chi connectivity index (χ3v) is 5.87. The highest BCUT2D eigenvalue weighted by Gasteiger charge is 2.20. The average molecular weight is 389 g/mol. The van der Waals surface area contributed by atoms with E-state index in [9.17, 15) is 9.18 Å². The van der Waals surface area contributed by atoms with Gasteiger partial charge in [0.25, 0.3) is 0 Å². The fourth-order valence-corrected chi connectivity index (χ4v) is 3.97. The van der Waals surface area contributed by atoms with Gasteiger partial charge >= 0.3 is 0 Å². The van der Waals surface area contributed by atoms with Crippen LogP contribution in [0.25, 0.3) is 11.4 Å². The highest BCUT2D eigenvalue weighted by Crippen LogP contribution is 2.27. The van der Waals surface area contributed by atoms with Crippen molar-refractivity contribution >= 4 is 17.7 Å². The fourth-order valence-electron chi connectivity index (χ4n) is 3.13. The maximum atomic E-state index is 14.0. The van der Waals surface area contributed by atoms with Gasteiger partial charge in [-0.05, 0) is 51.2 Å². The summed E-state index contributed by atoms with van der Waals surface area (Å²) in [6.07, 6.45) is 8.06. The van der Waals surface area contributed by atoms with Gasteiger partial charge in [-0.25, -0.2) is 4.39 Å². The number of nitrogens with one attached hydrogen (secondary N) is 1. The van der Waals surface area contributed by atoms with E-state index in [4.69, 9.17) is 0 Å². The molecule has 1 amide bonds. The molecular weight excluding hydrogens is 363 g/mol. The van der Waals surface area contributed by atoms with E-state index in [1.807, 2.05) is 6.92 Å². The van der Waals surface area contributed by atoms with Crippen molar-refractivity contribution in [1.82, 2.24) is 20.1 Å². The first-order valence-corrected chi connectivity index (χ1v) is 10.2. The lowest BCUT2D eigenvalue weighted by Crippen LogP contribution is -2.32. The highest BCUT2D eigenvalue weighted by molar-refractivity contribution is 8.00. The van der Waals surface area contributed by atoms with Crippen LogP contribution >= 0.6 is 11.8 Å². The Bertz CT molecular complexity index is 833. The Labute approximate surface area is 163 Å². The Hall–Kier alpha value is -2.15. The van der Waals surface area contributed by atoms with E-state index in [2.05, 4.69) is 21.6 Å². The number of amides is 1. The molecule has 1 aliphatic rings. The van der Waals surface area contributed by atoms with Crippen LogP contribution in [0.3, 0.4) is 0 Å². The summed E-state index contributed by atoms with van der Waals surface area (Å²) in [6.45, 7) is 2.51. The SMILES string of the molecule is C[C@H](Sc1nnc(-c2ccccc2F)n1C)C(=O)NCCC1=CCCCC1. The van der Waals surface area contributed by atoms with Gasteiger partial charge in [-0.3, -0.25) is 4.79 Å². The van der Waals surface area contributed by atoms with E-state index in [0.717, 1.165) is 19.3 Å². The third-order valence-electron chi connectivity index (χ3n) is 4.73. The Kier molecular flexibility index (Phi) is 6.66. The number of carbonyl (C=O) groups excluding carboxylic acids is 1. The summed E-state index contributed by atoms with van der Waals surface area (Å²) in [7, 11) is 1.78. The Morgan fingerprint density at radius 3 is 2.89 bits per heavy atom. The molecule has 2 aromatic rings. The Morgan fingerprint density at radius 1 is 1.33 bits per heavy atom. The minimum Gasteiger partial charge on any atom is -0.355 e. The van der Waals surface area contributed by atoms with Crippen LogP contribution in [-0.2, 0) is 11.8 Å². The van der Waals surface area contributed by atoms with Gasteiger partial charge in [0, 0.05) is 13.6 Å². The molecule has 0 radical (unpaired) electrons. The predicted molar refractivity (Wildman–Crippen MR) is 106 cm³/mol. The zero-order valence-electron chi connectivity index (χ0n) is 15.7. The average Bonchev–Trinajstić information content (AvgIpc) is 3.03. The minimum absolute atomic E-state index is 0.0214. The first-order valence-electron chi connectivity index (χ1n) is 9.33. The van der Waals surface area contributed by atoms with Crippen molar-refractivity contribution < 1.29 is 9.18 Å². The van der Waals surface area contributed by atoms with Crippen LogP contribution in [-0.4, -0.2) is 32.5 Å². The van der Waals surface area contributed by atoms with Gasteiger partial charge in [0.2, 0.25) is 5.91 Å². The molecule has 1 heterocycles. The molecule has 1 aromatic carbocycles. The molecule has 0 aliphatic heterocycles. The van der Waals surface area contributed by atoms with E-state index >= 15 is 0 Å². The van der Waals surface area contributed by atoms with Gasteiger partial charge in [-0.2, -0.15) is 0 Å². The molecule has 0 saturated carbocycles. The molecule has 1 aliphatic carbocycles. The predicted octanol–water partition coefficient (Wildman–Crippen LogP) is 4.11. The van der Waals surface area contributed by atoms with Gasteiger partial charge in [-0.1, -0.05) is 35.5 Å². The molecule has 3 rings (SSSR count). The van der Waals surface area contributed by atoms with Crippen molar-refractivity contribution in [3.05, 3.63) is 41.7 Å². The van der Waals surface area contributed by atoms with Crippen LogP contribution in [0, 0.1) is 5.82 Å². The molecule has 5 nitrogen and oxygen atoms in total. The van der Waals surface area contributed by atoms with Crippen molar-refractivity contribution in [2.75, 3.05) is 6.54 Å². The van der Waals surface area contributed by atoms with Gasteiger partial charge in [-0.15, -0.1) is 10.2 Å². The molecule has 144 valence electrons. The zero-order valence-corrected chi connectivity index (χ0v) is 16.6. The minimum atomic E-state index is -0.340. The molecule has 0 unspecified atom stereocenters. The van der Waals surface area contributed by atoms with E-state index < -0.39 is 0 Å². The second-order valence-corrected chi connectivity index (χ2v) is 8.06. The maximum Gasteiger partial charge on any atom is 0.233 e. The summed E-state index contributed by atoms with van der Waals surface area (Å²) < 4.78 is 15.7. The number of nitrogens with zero attached hydrogens (tertiary/aromatic N) is 3. The zero-order chi connectivity index (χ0) is 19.2. The summed E-state index contributed by atoms with van der Waals surface area (Å²) >= 11 is 1.33. The van der Waals surface area contributed by atoms with Crippen molar-refractivity contribution in [3.63, 3.8) is 0 Å². The van der Waals surface area contributed by atoms with Crippen LogP contribution in [0.1, 0.15) is 39.0 Å². The maximum absolute atomic E-state index is 14.0. The standard InChI is InChI=1S/C20H25FN4OS/c1-14(19(26)22-13-12-15-8-4-3-5-9-15)27-20-24-23-18(25(20)2)16-10-6-7-11-17(16)21/h6-8,10-11,14H,3-5,9,12-13H2,1-2H3,(H,22,26)/t14-/m0/s1. The Morgan fingerprint density at radius 2 is 2.15 bits per heavy atom. The molecule has 1 atom stereocenters. The molecule has 1 aromatic heterocycles. The van der Waals surface area contributed by atoms with Crippen LogP contribution < -0.4 is 5.32 Å². The lowest BCUT2D eigenvalue weighted by molar-refractivity contribution is -0.120. The summed E-state index contributed by atoms with van der Waals surface area (Å²) in [5.41, 5.74) is 1.85. The summed E-state index contributed by atoms with van der Waals surface area (Å²) in [4.78, 5) is 12.4. The lowest BCUT2D eigenvalue weighted by Gasteiger charge is -2.14. The summed E-state index contributed by atoms with van der Waals surface area (Å²) in [5, 5.41) is 11.5. The third kappa shape index (κ3) is 4.97. The largest absolute Gasteiger partial charge is 0.355 e. The quantitative estimate of drug-likeness (QED) is 0.573. The number of thioether (sulfide) groups is 1. The number of hydrogen-bond donors (Lipinski definition) is 1. The summed E-state index contributed by atoms with van der Waals surface area (Å²) in [6, 6.07) is 6.47. The van der Waals surface area contributed by atoms with Crippen molar-refractivity contribution in [3.8, 4) is 11.4 Å². The first kappa shape index (κ1) is 19.6. The Balaban J connectivity index is 1.56. The van der Waals surface area contributed by atoms with Gasteiger partial charge in [0.15, 0.2) is 11.0 Å². The molecule has 7 heteroatoms. The second kappa shape index (κ2) is 9.17. The summed E-state index contributed by atoms with van der Waals surface area (Å²) in [5.74, 6) is 0.0895. The number of aromatic nitrogens is 3. The second-order valence-electron chi connectivity index (χ2n) is 6.75. The van der Waals surface area contributed by atoms with Gasteiger partial charge < -0.3 is 9.88 Å². The number of benzene rings is 1. The molecule has 1 N–H and O–H groups in total. The van der Waals surface area contributed by atoms with Gasteiger partial charge in [0.1, 0.15) is 5.82 Å². The number of rotatable bonds is 7. The van der Waals surface area contributed by atoms with Crippen molar-refractivity contribution in [1.29, 1.82) is 0 Å². The van der Waals surface area contributed by atoms with Crippen molar-refractivity contribution in [2.24, 2.45) is 7.05 Å². The van der Waals surface area contributed by atoms with Crippen LogP contribution in [0.2, 0.25) is 0 Å². The van der Waals surface area contributed by atoms with Gasteiger partial charge in [0.05, 0.1) is 10.8 Å². The molecule has 27 heavy (non-hydrogen) atoms.